The molecule has 2 heterocycles. The van der Waals surface area contributed by atoms with Gasteiger partial charge in [-0.05, 0) is 31.9 Å². The molecular weight excluding hydrogens is 336 g/mol. The van der Waals surface area contributed by atoms with Crippen molar-refractivity contribution in [3.05, 3.63) is 24.3 Å². The molecule has 1 aliphatic carbocycles. The lowest BCUT2D eigenvalue weighted by Gasteiger charge is -2.28. The first-order valence-corrected chi connectivity index (χ1v) is 9.65. The fourth-order valence-electron chi connectivity index (χ4n) is 2.89. The highest BCUT2D eigenvalue weighted by atomic mass is 32.2. The quantitative estimate of drug-likeness (QED) is 0.654. The van der Waals surface area contributed by atoms with Crippen molar-refractivity contribution in [2.45, 2.75) is 36.2 Å². The Morgan fingerprint density at radius 1 is 1.28 bits per heavy atom. The van der Waals surface area contributed by atoms with E-state index in [0.29, 0.717) is 37.5 Å². The molecule has 4 rings (SSSR count). The smallest absolute Gasteiger partial charge is 0.236 e. The predicted octanol–water partition coefficient (Wildman–Crippen LogP) is 2.54. The number of benzene rings is 1. The molecule has 6 nitrogen and oxygen atoms in total. The van der Waals surface area contributed by atoms with Crippen LogP contribution in [-0.2, 0) is 9.53 Å². The van der Waals surface area contributed by atoms with E-state index in [1.165, 1.54) is 24.6 Å². The van der Waals surface area contributed by atoms with Crippen molar-refractivity contribution in [3.63, 3.8) is 0 Å². The Labute approximate surface area is 151 Å². The first kappa shape index (κ1) is 16.6. The molecule has 1 aromatic heterocycles. The number of morpholine rings is 1. The van der Waals surface area contributed by atoms with Crippen molar-refractivity contribution in [2.75, 3.05) is 31.6 Å². The number of thioether (sulfide) groups is 1. The van der Waals surface area contributed by atoms with E-state index < -0.39 is 0 Å². The summed E-state index contributed by atoms with van der Waals surface area (Å²) in [6, 6.07) is 8.53. The number of fused-ring (bicyclic) bond motifs is 1. The fraction of sp³-hybridized carbons (Fsp3) is 0.500. The topological polar surface area (TPSA) is 67.4 Å². The largest absolute Gasteiger partial charge is 0.378 e. The van der Waals surface area contributed by atoms with E-state index in [1.54, 1.807) is 0 Å². The van der Waals surface area contributed by atoms with Gasteiger partial charge in [-0.25, -0.2) is 9.97 Å². The molecule has 0 radical (unpaired) electrons. The van der Waals surface area contributed by atoms with Crippen LogP contribution in [0.15, 0.2) is 29.4 Å². The lowest BCUT2D eigenvalue weighted by atomic mass is 10.2. The lowest BCUT2D eigenvalue weighted by molar-refractivity contribution is -0.134. The van der Waals surface area contributed by atoms with Crippen LogP contribution in [0.1, 0.15) is 19.8 Å². The molecule has 2 aromatic rings. The number of carbonyl (C=O) groups is 1. The van der Waals surface area contributed by atoms with Gasteiger partial charge in [0.15, 0.2) is 5.16 Å². The van der Waals surface area contributed by atoms with E-state index in [0.717, 1.165) is 16.7 Å². The molecule has 1 aromatic carbocycles. The van der Waals surface area contributed by atoms with Gasteiger partial charge in [0, 0.05) is 24.5 Å². The van der Waals surface area contributed by atoms with Gasteiger partial charge in [0.1, 0.15) is 5.82 Å². The Hall–Kier alpha value is -1.86. The van der Waals surface area contributed by atoms with Gasteiger partial charge in [-0.1, -0.05) is 23.9 Å². The Kier molecular flexibility index (Phi) is 4.76. The summed E-state index contributed by atoms with van der Waals surface area (Å²) in [5.74, 6) is 1.00. The molecule has 132 valence electrons. The van der Waals surface area contributed by atoms with Crippen LogP contribution < -0.4 is 5.32 Å². The zero-order valence-electron chi connectivity index (χ0n) is 14.3. The average Bonchev–Trinajstić information content (AvgIpc) is 3.46. The highest BCUT2D eigenvalue weighted by molar-refractivity contribution is 8.00. The molecule has 0 spiro atoms. The molecule has 25 heavy (non-hydrogen) atoms. The lowest BCUT2D eigenvalue weighted by Crippen LogP contribution is -2.44. The number of amides is 1. The van der Waals surface area contributed by atoms with Gasteiger partial charge in [0.2, 0.25) is 5.91 Å². The molecule has 1 N–H and O–H groups in total. The van der Waals surface area contributed by atoms with E-state index in [4.69, 9.17) is 9.72 Å². The highest BCUT2D eigenvalue weighted by Gasteiger charge is 2.26. The van der Waals surface area contributed by atoms with Gasteiger partial charge in [0.05, 0.1) is 24.0 Å². The average molecular weight is 358 g/mol. The number of nitrogens with one attached hydrogen (secondary N) is 1. The molecule has 0 unspecified atom stereocenters. The van der Waals surface area contributed by atoms with Gasteiger partial charge in [0.25, 0.3) is 0 Å². The minimum atomic E-state index is -0.215. The van der Waals surface area contributed by atoms with E-state index in [2.05, 4.69) is 10.3 Å². The second-order valence-corrected chi connectivity index (χ2v) is 7.80. The summed E-state index contributed by atoms with van der Waals surface area (Å²) in [7, 11) is 0. The van der Waals surface area contributed by atoms with Crippen LogP contribution in [0.4, 0.5) is 5.82 Å². The van der Waals surface area contributed by atoms with Crippen molar-refractivity contribution in [2.24, 2.45) is 0 Å². The number of aromatic nitrogens is 2. The Bertz CT molecular complexity index is 775. The van der Waals surface area contributed by atoms with Crippen LogP contribution in [0.25, 0.3) is 10.9 Å². The van der Waals surface area contributed by atoms with Gasteiger partial charge in [-0.15, -0.1) is 0 Å². The molecule has 0 bridgehead atoms. The summed E-state index contributed by atoms with van der Waals surface area (Å²) in [5, 5.41) is 4.96. The molecule has 1 amide bonds. The number of anilines is 1. The summed E-state index contributed by atoms with van der Waals surface area (Å²) < 4.78 is 5.32. The van der Waals surface area contributed by atoms with Gasteiger partial charge in [-0.2, -0.15) is 0 Å². The van der Waals surface area contributed by atoms with Crippen molar-refractivity contribution >= 4 is 34.4 Å². The maximum atomic E-state index is 12.6. The molecule has 2 aliphatic rings. The van der Waals surface area contributed by atoms with Crippen molar-refractivity contribution in [1.82, 2.24) is 14.9 Å². The zero-order chi connectivity index (χ0) is 17.2. The number of hydrogen-bond acceptors (Lipinski definition) is 6. The number of carbonyl (C=O) groups excluding carboxylic acids is 1. The highest BCUT2D eigenvalue weighted by Crippen LogP contribution is 2.31. The third-order valence-electron chi connectivity index (χ3n) is 4.45. The Morgan fingerprint density at radius 3 is 2.80 bits per heavy atom. The van der Waals surface area contributed by atoms with Crippen LogP contribution in [0, 0.1) is 0 Å². The number of ether oxygens (including phenoxy) is 1. The van der Waals surface area contributed by atoms with E-state index in [1.807, 2.05) is 36.1 Å². The molecule has 1 saturated heterocycles. The molecule has 7 heteroatoms. The number of rotatable bonds is 5. The van der Waals surface area contributed by atoms with Gasteiger partial charge < -0.3 is 15.0 Å². The Balaban J connectivity index is 1.54. The predicted molar refractivity (Wildman–Crippen MR) is 98.9 cm³/mol. The first-order chi connectivity index (χ1) is 12.2. The summed E-state index contributed by atoms with van der Waals surface area (Å²) in [6.45, 7) is 4.48. The van der Waals surface area contributed by atoms with Crippen LogP contribution in [0.2, 0.25) is 0 Å². The van der Waals surface area contributed by atoms with Crippen molar-refractivity contribution in [3.8, 4) is 0 Å². The minimum absolute atomic E-state index is 0.127. The third-order valence-corrected chi connectivity index (χ3v) is 5.40. The van der Waals surface area contributed by atoms with Crippen LogP contribution in [0.5, 0.6) is 0 Å². The second kappa shape index (κ2) is 7.17. The van der Waals surface area contributed by atoms with Crippen molar-refractivity contribution < 1.29 is 9.53 Å². The number of para-hydroxylation sites is 1. The van der Waals surface area contributed by atoms with E-state index in [9.17, 15) is 4.79 Å². The van der Waals surface area contributed by atoms with Crippen LogP contribution in [0.3, 0.4) is 0 Å². The monoisotopic (exact) mass is 358 g/mol. The van der Waals surface area contributed by atoms with Gasteiger partial charge >= 0.3 is 0 Å². The van der Waals surface area contributed by atoms with E-state index >= 15 is 0 Å². The SMILES string of the molecule is C[C@@H](Sc1nc(NC2CC2)c2ccccc2n1)C(=O)N1CCOCC1. The number of hydrogen-bond donors (Lipinski definition) is 1. The fourth-order valence-corrected chi connectivity index (χ4v) is 3.75. The third kappa shape index (κ3) is 3.88. The summed E-state index contributed by atoms with van der Waals surface area (Å²) in [6.07, 6.45) is 2.37. The second-order valence-electron chi connectivity index (χ2n) is 6.49. The molecule has 2 fully saturated rings. The number of nitrogens with zero attached hydrogens (tertiary/aromatic N) is 3. The maximum absolute atomic E-state index is 12.6. The summed E-state index contributed by atoms with van der Waals surface area (Å²) >= 11 is 1.43. The summed E-state index contributed by atoms with van der Waals surface area (Å²) in [5.41, 5.74) is 0.911. The minimum Gasteiger partial charge on any atom is -0.378 e. The molecule has 1 saturated carbocycles. The molecule has 1 atom stereocenters. The normalized spacial score (nSPS) is 19.0. The maximum Gasteiger partial charge on any atom is 0.236 e. The van der Waals surface area contributed by atoms with Crippen molar-refractivity contribution in [1.29, 1.82) is 0 Å². The van der Waals surface area contributed by atoms with E-state index in [-0.39, 0.29) is 11.2 Å². The zero-order valence-corrected chi connectivity index (χ0v) is 15.1. The van der Waals surface area contributed by atoms with Gasteiger partial charge in [-0.3, -0.25) is 4.79 Å². The first-order valence-electron chi connectivity index (χ1n) is 8.77. The van der Waals surface area contributed by atoms with Crippen LogP contribution >= 0.6 is 11.8 Å². The Morgan fingerprint density at radius 2 is 2.04 bits per heavy atom. The molecule has 1 aliphatic heterocycles. The standard InChI is InChI=1S/C18H22N4O2S/c1-12(17(23)22-8-10-24-11-9-22)25-18-20-15-5-3-2-4-14(15)16(21-18)19-13-6-7-13/h2-5,12-13H,6-11H2,1H3,(H,19,20,21)/t12-/m1/s1. The molecular formula is C18H22N4O2S. The van der Waals surface area contributed by atoms with Crippen LogP contribution in [-0.4, -0.2) is 58.4 Å². The summed E-state index contributed by atoms with van der Waals surface area (Å²) in [4.78, 5) is 23.8.